The highest BCUT2D eigenvalue weighted by atomic mass is 32.1. The number of thiophene rings is 1. The average Bonchev–Trinajstić information content (AvgIpc) is 3.00. The first kappa shape index (κ1) is 19.4. The Hall–Kier alpha value is -3.32. The number of nitrogens with zero attached hydrogens (tertiary/aromatic N) is 2. The van der Waals surface area contributed by atoms with E-state index in [9.17, 15) is 28.0 Å². The van der Waals surface area contributed by atoms with Crippen LogP contribution in [0.1, 0.15) is 21.6 Å². The lowest BCUT2D eigenvalue weighted by molar-refractivity contribution is -0.111. The van der Waals surface area contributed by atoms with Crippen LogP contribution in [0.25, 0.3) is 6.08 Å². The molecule has 1 aliphatic heterocycles. The van der Waals surface area contributed by atoms with E-state index in [2.05, 4.69) is 5.32 Å². The maximum absolute atomic E-state index is 13.6. The molecule has 2 amide bonds. The molecule has 3 rings (SSSR count). The molecule has 0 unspecified atom stereocenters. The van der Waals surface area contributed by atoms with Gasteiger partial charge in [0.1, 0.15) is 16.9 Å². The standard InChI is InChI=1S/C18H12F3N3O3S/c19-12-2-3-13(20)16(21)10(12)1-4-15(25)23-17-11(7-22)9-5-6-24(18(26)27)8-14(9)28-17/h1-4H,5-6,8H2,(H,23,25)(H,26,27). The quantitative estimate of drug-likeness (QED) is 0.599. The molecule has 6 nitrogen and oxygen atoms in total. The molecule has 144 valence electrons. The minimum atomic E-state index is -1.41. The van der Waals surface area contributed by atoms with Crippen molar-refractivity contribution in [3.63, 3.8) is 0 Å². The summed E-state index contributed by atoms with van der Waals surface area (Å²) in [4.78, 5) is 25.0. The number of carbonyl (C=O) groups is 2. The van der Waals surface area contributed by atoms with Gasteiger partial charge in [0.25, 0.3) is 0 Å². The molecule has 1 aliphatic rings. The zero-order chi connectivity index (χ0) is 20.4. The van der Waals surface area contributed by atoms with Crippen LogP contribution in [0.15, 0.2) is 18.2 Å². The molecule has 0 aliphatic carbocycles. The number of halogens is 3. The fraction of sp³-hybridized carbons (Fsp3) is 0.167. The van der Waals surface area contributed by atoms with Crippen molar-refractivity contribution in [1.82, 2.24) is 4.90 Å². The smallest absolute Gasteiger partial charge is 0.407 e. The normalized spacial score (nSPS) is 13.3. The maximum Gasteiger partial charge on any atom is 0.407 e. The Labute approximate surface area is 161 Å². The highest BCUT2D eigenvalue weighted by molar-refractivity contribution is 7.16. The van der Waals surface area contributed by atoms with E-state index < -0.39 is 35.0 Å². The summed E-state index contributed by atoms with van der Waals surface area (Å²) in [5.41, 5.74) is 0.208. The lowest BCUT2D eigenvalue weighted by Gasteiger charge is -2.23. The van der Waals surface area contributed by atoms with Crippen LogP contribution < -0.4 is 5.32 Å². The Bertz CT molecular complexity index is 1040. The van der Waals surface area contributed by atoms with Crippen LogP contribution in [-0.2, 0) is 17.8 Å². The highest BCUT2D eigenvalue weighted by Gasteiger charge is 2.27. The van der Waals surface area contributed by atoms with Gasteiger partial charge >= 0.3 is 6.09 Å². The van der Waals surface area contributed by atoms with Gasteiger partial charge in [-0.1, -0.05) is 0 Å². The molecule has 10 heteroatoms. The summed E-state index contributed by atoms with van der Waals surface area (Å²) in [5.74, 6) is -4.46. The van der Waals surface area contributed by atoms with Crippen LogP contribution in [0.4, 0.5) is 23.0 Å². The van der Waals surface area contributed by atoms with Gasteiger partial charge in [-0.2, -0.15) is 5.26 Å². The van der Waals surface area contributed by atoms with E-state index in [0.717, 1.165) is 29.6 Å². The third-order valence-electron chi connectivity index (χ3n) is 4.16. The van der Waals surface area contributed by atoms with Gasteiger partial charge in [-0.25, -0.2) is 18.0 Å². The molecule has 1 aromatic heterocycles. The first-order valence-corrected chi connectivity index (χ1v) is 8.78. The number of benzene rings is 1. The minimum absolute atomic E-state index is 0.107. The molecule has 1 aromatic carbocycles. The van der Waals surface area contributed by atoms with E-state index >= 15 is 0 Å². The number of carbonyl (C=O) groups excluding carboxylic acids is 1. The molecule has 2 N–H and O–H groups in total. The van der Waals surface area contributed by atoms with Crippen LogP contribution in [0.5, 0.6) is 0 Å². The number of nitrogens with one attached hydrogen (secondary N) is 1. The van der Waals surface area contributed by atoms with Gasteiger partial charge < -0.3 is 15.3 Å². The van der Waals surface area contributed by atoms with Gasteiger partial charge in [0, 0.05) is 23.1 Å². The maximum atomic E-state index is 13.6. The van der Waals surface area contributed by atoms with Gasteiger partial charge in [-0.05, 0) is 30.2 Å². The van der Waals surface area contributed by atoms with Gasteiger partial charge in [0.05, 0.1) is 12.1 Å². The lowest BCUT2D eigenvalue weighted by atomic mass is 10.0. The summed E-state index contributed by atoms with van der Waals surface area (Å²) < 4.78 is 40.4. The Balaban J connectivity index is 1.81. The molecule has 0 bridgehead atoms. The lowest BCUT2D eigenvalue weighted by Crippen LogP contribution is -2.34. The Kier molecular flexibility index (Phi) is 5.37. The van der Waals surface area contributed by atoms with Crippen molar-refractivity contribution in [2.24, 2.45) is 0 Å². The fourth-order valence-electron chi connectivity index (χ4n) is 2.78. The monoisotopic (exact) mass is 407 g/mol. The second kappa shape index (κ2) is 7.74. The van der Waals surface area contributed by atoms with E-state index in [-0.39, 0.29) is 23.7 Å². The summed E-state index contributed by atoms with van der Waals surface area (Å²) in [5, 5.41) is 21.1. The van der Waals surface area contributed by atoms with Gasteiger partial charge in [0.2, 0.25) is 5.91 Å². The number of rotatable bonds is 3. The van der Waals surface area contributed by atoms with Crippen LogP contribution in [0.2, 0.25) is 0 Å². The van der Waals surface area contributed by atoms with E-state index in [0.29, 0.717) is 22.9 Å². The van der Waals surface area contributed by atoms with Crippen molar-refractivity contribution >= 4 is 34.4 Å². The predicted octanol–water partition coefficient (Wildman–Crippen LogP) is 3.73. The van der Waals surface area contributed by atoms with E-state index in [1.807, 2.05) is 6.07 Å². The molecule has 28 heavy (non-hydrogen) atoms. The minimum Gasteiger partial charge on any atom is -0.465 e. The summed E-state index contributed by atoms with van der Waals surface area (Å²) in [6.07, 6.45) is 0.885. The average molecular weight is 407 g/mol. The molecular weight excluding hydrogens is 395 g/mol. The van der Waals surface area contributed by atoms with E-state index in [4.69, 9.17) is 5.11 Å². The van der Waals surface area contributed by atoms with E-state index in [1.165, 1.54) is 4.90 Å². The van der Waals surface area contributed by atoms with Crippen molar-refractivity contribution in [2.75, 3.05) is 11.9 Å². The molecular formula is C18H12F3N3O3S. The number of anilines is 1. The Morgan fingerprint density at radius 2 is 2.00 bits per heavy atom. The van der Waals surface area contributed by atoms with Crippen molar-refractivity contribution in [3.8, 4) is 6.07 Å². The number of hydrogen-bond acceptors (Lipinski definition) is 4. The number of amides is 2. The van der Waals surface area contributed by atoms with E-state index in [1.54, 1.807) is 0 Å². The summed E-state index contributed by atoms with van der Waals surface area (Å²) in [6, 6.07) is 3.37. The topological polar surface area (TPSA) is 93.4 Å². The summed E-state index contributed by atoms with van der Waals surface area (Å²) in [6.45, 7) is 0.342. The molecule has 0 radical (unpaired) electrons. The van der Waals surface area contributed by atoms with Crippen molar-refractivity contribution < 1.29 is 27.9 Å². The SMILES string of the molecule is N#Cc1c(NC(=O)C=Cc2c(F)ccc(F)c2F)sc2c1CCN(C(=O)O)C2. The molecule has 0 spiro atoms. The molecule has 0 fully saturated rings. The van der Waals surface area contributed by atoms with Crippen molar-refractivity contribution in [1.29, 1.82) is 5.26 Å². The molecule has 0 saturated heterocycles. The molecule has 0 atom stereocenters. The number of hydrogen-bond donors (Lipinski definition) is 2. The van der Waals surface area contributed by atoms with Gasteiger partial charge in [0.15, 0.2) is 11.6 Å². The van der Waals surface area contributed by atoms with Crippen LogP contribution in [0, 0.1) is 28.8 Å². The molecule has 2 aromatic rings. The largest absolute Gasteiger partial charge is 0.465 e. The number of carboxylic acid groups (broad SMARTS) is 1. The third kappa shape index (κ3) is 3.70. The summed E-state index contributed by atoms with van der Waals surface area (Å²) >= 11 is 1.06. The van der Waals surface area contributed by atoms with Crippen LogP contribution >= 0.6 is 11.3 Å². The number of fused-ring (bicyclic) bond motifs is 1. The highest BCUT2D eigenvalue weighted by Crippen LogP contribution is 2.36. The first-order valence-electron chi connectivity index (χ1n) is 7.97. The number of nitriles is 1. The van der Waals surface area contributed by atoms with Crippen LogP contribution in [-0.4, -0.2) is 28.6 Å². The second-order valence-corrected chi connectivity index (χ2v) is 6.96. The van der Waals surface area contributed by atoms with Gasteiger partial charge in [-0.3, -0.25) is 4.79 Å². The molecule has 0 saturated carbocycles. The van der Waals surface area contributed by atoms with Crippen molar-refractivity contribution in [3.05, 3.63) is 57.2 Å². The fourth-order valence-corrected chi connectivity index (χ4v) is 4.00. The second-order valence-electron chi connectivity index (χ2n) is 5.85. The molecule has 2 heterocycles. The Morgan fingerprint density at radius 3 is 2.68 bits per heavy atom. The van der Waals surface area contributed by atoms with Gasteiger partial charge in [-0.15, -0.1) is 11.3 Å². The zero-order valence-electron chi connectivity index (χ0n) is 14.1. The van der Waals surface area contributed by atoms with Crippen LogP contribution in [0.3, 0.4) is 0 Å². The van der Waals surface area contributed by atoms with Crippen molar-refractivity contribution in [2.45, 2.75) is 13.0 Å². The summed E-state index contributed by atoms with van der Waals surface area (Å²) in [7, 11) is 0. The first-order chi connectivity index (χ1) is 13.3. The predicted molar refractivity (Wildman–Crippen MR) is 95.2 cm³/mol. The zero-order valence-corrected chi connectivity index (χ0v) is 14.9. The Morgan fingerprint density at radius 1 is 1.29 bits per heavy atom. The third-order valence-corrected chi connectivity index (χ3v) is 5.29.